The highest BCUT2D eigenvalue weighted by Crippen LogP contribution is 2.22. The Labute approximate surface area is 164 Å². The van der Waals surface area contributed by atoms with E-state index < -0.39 is 37.3 Å². The van der Waals surface area contributed by atoms with Gasteiger partial charge in [-0.15, -0.1) is 0 Å². The molecule has 0 aromatic carbocycles. The summed E-state index contributed by atoms with van der Waals surface area (Å²) in [5.74, 6) is 1.54. The summed E-state index contributed by atoms with van der Waals surface area (Å²) in [6.45, 7) is 8.71. The van der Waals surface area contributed by atoms with E-state index in [1.807, 2.05) is 6.08 Å². The molecule has 1 aliphatic rings. The summed E-state index contributed by atoms with van der Waals surface area (Å²) in [6.07, 6.45) is 3.12. The maximum Gasteiger partial charge on any atom is 0.187 e. The Balaban J connectivity index is 2.26. The smallest absolute Gasteiger partial charge is 0.187 e. The molecule has 1 heterocycles. The molecule has 0 aromatic rings. The van der Waals surface area contributed by atoms with Crippen molar-refractivity contribution in [3.63, 3.8) is 0 Å². The monoisotopic (exact) mass is 388 g/mol. The van der Waals surface area contributed by atoms with Crippen molar-refractivity contribution in [2.24, 2.45) is 11.8 Å². The van der Waals surface area contributed by atoms with E-state index in [4.69, 9.17) is 9.47 Å². The van der Waals surface area contributed by atoms with Crippen LogP contribution in [0, 0.1) is 11.8 Å². The van der Waals surface area contributed by atoms with Crippen LogP contribution in [0.25, 0.3) is 0 Å². The lowest BCUT2D eigenvalue weighted by Gasteiger charge is -2.39. The van der Waals surface area contributed by atoms with Gasteiger partial charge in [-0.25, -0.2) is 0 Å². The van der Waals surface area contributed by atoms with Gasteiger partial charge in [0.25, 0.3) is 0 Å². The maximum absolute atomic E-state index is 9.93. The number of rotatable bonds is 12. The topological polar surface area (TPSA) is 99.4 Å². The van der Waals surface area contributed by atoms with Gasteiger partial charge < -0.3 is 29.9 Å². The van der Waals surface area contributed by atoms with Gasteiger partial charge in [0.05, 0.1) is 13.2 Å². The first-order valence-corrected chi connectivity index (χ1v) is 10.3. The van der Waals surface area contributed by atoms with Crippen LogP contribution in [0.5, 0.6) is 0 Å². The number of aliphatic hydroxyl groups excluding tert-OH is 4. The molecule has 1 aliphatic heterocycles. The summed E-state index contributed by atoms with van der Waals surface area (Å²) < 4.78 is 10.8. The SMILES string of the molecule is CC(=CCOC1O[C@H](CO)[C@@H](O)[C@H](O)[C@H]1O)CCCC(C)CCCC(C)C. The second-order valence-electron chi connectivity index (χ2n) is 8.40. The van der Waals surface area contributed by atoms with Crippen LogP contribution in [-0.4, -0.2) is 64.3 Å². The molecule has 160 valence electrons. The Morgan fingerprint density at radius 3 is 2.30 bits per heavy atom. The number of hydrogen-bond acceptors (Lipinski definition) is 6. The molecule has 1 saturated heterocycles. The Morgan fingerprint density at radius 1 is 1.00 bits per heavy atom. The van der Waals surface area contributed by atoms with Gasteiger partial charge in [-0.05, 0) is 31.6 Å². The molecule has 6 heteroatoms. The molecule has 0 bridgehead atoms. The van der Waals surface area contributed by atoms with Gasteiger partial charge in [-0.2, -0.15) is 0 Å². The molecule has 6 nitrogen and oxygen atoms in total. The Morgan fingerprint density at radius 2 is 1.67 bits per heavy atom. The highest BCUT2D eigenvalue weighted by Gasteiger charge is 2.43. The summed E-state index contributed by atoms with van der Waals surface area (Å²) in [7, 11) is 0. The third kappa shape index (κ3) is 9.03. The zero-order chi connectivity index (χ0) is 20.4. The second-order valence-corrected chi connectivity index (χ2v) is 8.40. The van der Waals surface area contributed by atoms with E-state index in [0.717, 1.165) is 24.7 Å². The molecule has 27 heavy (non-hydrogen) atoms. The summed E-state index contributed by atoms with van der Waals surface area (Å²) in [4.78, 5) is 0. The van der Waals surface area contributed by atoms with Crippen LogP contribution in [0.4, 0.5) is 0 Å². The van der Waals surface area contributed by atoms with Crippen molar-refractivity contribution < 1.29 is 29.9 Å². The van der Waals surface area contributed by atoms with Gasteiger partial charge in [-0.1, -0.05) is 58.1 Å². The first kappa shape index (κ1) is 24.5. The fourth-order valence-electron chi connectivity index (χ4n) is 3.34. The average Bonchev–Trinajstić information content (AvgIpc) is 2.61. The van der Waals surface area contributed by atoms with Crippen LogP contribution in [0.2, 0.25) is 0 Å². The molecule has 0 saturated carbocycles. The van der Waals surface area contributed by atoms with E-state index in [9.17, 15) is 20.4 Å². The van der Waals surface area contributed by atoms with E-state index in [1.54, 1.807) is 0 Å². The minimum Gasteiger partial charge on any atom is -0.394 e. The first-order valence-electron chi connectivity index (χ1n) is 10.3. The van der Waals surface area contributed by atoms with Crippen LogP contribution in [0.1, 0.15) is 66.2 Å². The number of allylic oxidation sites excluding steroid dienone is 1. The number of aliphatic hydroxyl groups is 4. The molecule has 1 fully saturated rings. The molecule has 6 atom stereocenters. The van der Waals surface area contributed by atoms with E-state index >= 15 is 0 Å². The molecular formula is C21H40O6. The van der Waals surface area contributed by atoms with Crippen LogP contribution in [0.3, 0.4) is 0 Å². The maximum atomic E-state index is 9.93. The largest absolute Gasteiger partial charge is 0.394 e. The van der Waals surface area contributed by atoms with E-state index in [-0.39, 0.29) is 6.61 Å². The third-order valence-corrected chi connectivity index (χ3v) is 5.29. The zero-order valence-electron chi connectivity index (χ0n) is 17.4. The van der Waals surface area contributed by atoms with Crippen molar-refractivity contribution in [3.8, 4) is 0 Å². The van der Waals surface area contributed by atoms with Crippen LogP contribution >= 0.6 is 0 Å². The van der Waals surface area contributed by atoms with Crippen LogP contribution in [0.15, 0.2) is 11.6 Å². The highest BCUT2D eigenvalue weighted by atomic mass is 16.7. The van der Waals surface area contributed by atoms with Crippen molar-refractivity contribution >= 4 is 0 Å². The molecule has 0 aliphatic carbocycles. The summed E-state index contributed by atoms with van der Waals surface area (Å²) in [5.41, 5.74) is 1.22. The van der Waals surface area contributed by atoms with E-state index in [1.165, 1.54) is 31.3 Å². The Bertz CT molecular complexity index is 423. The van der Waals surface area contributed by atoms with Crippen molar-refractivity contribution in [2.45, 2.75) is 96.9 Å². The molecular weight excluding hydrogens is 348 g/mol. The zero-order valence-corrected chi connectivity index (χ0v) is 17.4. The van der Waals surface area contributed by atoms with Crippen molar-refractivity contribution in [1.82, 2.24) is 0 Å². The first-order chi connectivity index (χ1) is 12.8. The standard InChI is InChI=1S/C21H40O6/c1-14(2)7-5-8-15(3)9-6-10-16(4)11-12-26-21-20(25)19(24)18(23)17(13-22)27-21/h11,14-15,17-25H,5-10,12-13H2,1-4H3/t15?,17-,18-,19+,20-,21?/m1/s1. The van der Waals surface area contributed by atoms with E-state index in [2.05, 4.69) is 27.7 Å². The van der Waals surface area contributed by atoms with E-state index in [0.29, 0.717) is 0 Å². The third-order valence-electron chi connectivity index (χ3n) is 5.29. The van der Waals surface area contributed by atoms with Gasteiger partial charge in [0.2, 0.25) is 0 Å². The van der Waals surface area contributed by atoms with Crippen molar-refractivity contribution in [2.75, 3.05) is 13.2 Å². The molecule has 2 unspecified atom stereocenters. The summed E-state index contributed by atoms with van der Waals surface area (Å²) in [6, 6.07) is 0. The van der Waals surface area contributed by atoms with Crippen molar-refractivity contribution in [1.29, 1.82) is 0 Å². The lowest BCUT2D eigenvalue weighted by Crippen LogP contribution is -2.59. The predicted octanol–water partition coefficient (Wildman–Crippen LogP) is 2.38. The molecule has 0 aromatic heterocycles. The minimum absolute atomic E-state index is 0.248. The van der Waals surface area contributed by atoms with Gasteiger partial charge in [0.15, 0.2) is 6.29 Å². The van der Waals surface area contributed by atoms with Gasteiger partial charge in [0.1, 0.15) is 24.4 Å². The van der Waals surface area contributed by atoms with Crippen molar-refractivity contribution in [3.05, 3.63) is 11.6 Å². The Kier molecular flexibility index (Phi) is 11.7. The minimum atomic E-state index is -1.40. The number of hydrogen-bond donors (Lipinski definition) is 4. The lowest BCUT2D eigenvalue weighted by atomic mass is 9.94. The van der Waals surface area contributed by atoms with Gasteiger partial charge in [-0.3, -0.25) is 0 Å². The fraction of sp³-hybridized carbons (Fsp3) is 0.905. The molecule has 4 N–H and O–H groups in total. The van der Waals surface area contributed by atoms with Gasteiger partial charge in [0, 0.05) is 0 Å². The highest BCUT2D eigenvalue weighted by molar-refractivity contribution is 4.98. The van der Waals surface area contributed by atoms with Gasteiger partial charge >= 0.3 is 0 Å². The van der Waals surface area contributed by atoms with Crippen LogP contribution < -0.4 is 0 Å². The second kappa shape index (κ2) is 12.9. The molecule has 0 radical (unpaired) electrons. The molecule has 0 amide bonds. The molecule has 1 rings (SSSR count). The summed E-state index contributed by atoms with van der Waals surface area (Å²) in [5, 5.41) is 38.6. The molecule has 0 spiro atoms. The Hall–Kier alpha value is -0.500. The fourth-order valence-corrected chi connectivity index (χ4v) is 3.34. The lowest BCUT2D eigenvalue weighted by molar-refractivity contribution is -0.298. The summed E-state index contributed by atoms with van der Waals surface area (Å²) >= 11 is 0. The predicted molar refractivity (Wildman–Crippen MR) is 105 cm³/mol. The quantitative estimate of drug-likeness (QED) is 0.383. The number of ether oxygens (including phenoxy) is 2. The normalized spacial score (nSPS) is 30.7. The average molecular weight is 389 g/mol. The van der Waals surface area contributed by atoms with Crippen LogP contribution in [-0.2, 0) is 9.47 Å².